The molecule has 0 saturated carbocycles. The second-order valence-corrected chi connectivity index (χ2v) is 5.07. The van der Waals surface area contributed by atoms with Crippen molar-refractivity contribution in [3.05, 3.63) is 0 Å². The maximum Gasteiger partial charge on any atom is 0.0622 e. The first-order valence-electron chi connectivity index (χ1n) is 6.95. The van der Waals surface area contributed by atoms with Crippen LogP contribution in [-0.4, -0.2) is 25.3 Å². The lowest BCUT2D eigenvalue weighted by Crippen LogP contribution is -2.43. The van der Waals surface area contributed by atoms with Gasteiger partial charge < -0.3 is 10.1 Å². The average Bonchev–Trinajstić information content (AvgIpc) is 2.24. The van der Waals surface area contributed by atoms with Crippen LogP contribution in [0.3, 0.4) is 0 Å². The summed E-state index contributed by atoms with van der Waals surface area (Å²) in [6.07, 6.45) is 5.27. The highest BCUT2D eigenvalue weighted by Crippen LogP contribution is 2.08. The molecule has 0 rings (SSSR count). The molecule has 0 bridgehead atoms. The molecular weight excluding hydrogens is 198 g/mol. The summed E-state index contributed by atoms with van der Waals surface area (Å²) in [6, 6.07) is 1.11. The molecule has 0 spiro atoms. The molecule has 0 heterocycles. The van der Waals surface area contributed by atoms with Gasteiger partial charge in [0.05, 0.1) is 6.61 Å². The van der Waals surface area contributed by atoms with E-state index < -0.39 is 0 Å². The summed E-state index contributed by atoms with van der Waals surface area (Å²) in [5, 5.41) is 3.69. The van der Waals surface area contributed by atoms with Crippen molar-refractivity contribution < 1.29 is 4.74 Å². The van der Waals surface area contributed by atoms with Gasteiger partial charge in [-0.05, 0) is 26.2 Å². The fourth-order valence-electron chi connectivity index (χ4n) is 1.83. The van der Waals surface area contributed by atoms with Gasteiger partial charge in [0.2, 0.25) is 0 Å². The fraction of sp³-hybridized carbons (Fsp3) is 1.00. The molecule has 98 valence electrons. The highest BCUT2D eigenvalue weighted by atomic mass is 16.5. The topological polar surface area (TPSA) is 21.3 Å². The zero-order valence-electron chi connectivity index (χ0n) is 11.9. The predicted molar refractivity (Wildman–Crippen MR) is 71.9 cm³/mol. The quantitative estimate of drug-likeness (QED) is 0.578. The van der Waals surface area contributed by atoms with Gasteiger partial charge in [-0.1, -0.05) is 40.0 Å². The molecule has 0 aromatic carbocycles. The lowest BCUT2D eigenvalue weighted by molar-refractivity contribution is 0.103. The van der Waals surface area contributed by atoms with E-state index in [-0.39, 0.29) is 0 Å². The Bertz CT molecular complexity index is 148. The van der Waals surface area contributed by atoms with E-state index >= 15 is 0 Å². The standard InChI is InChI=1S/C14H31NO/c1-6-8-9-10-13(5)15-14(12(3)4)11-16-7-2/h12-15H,6-11H2,1-5H3. The predicted octanol–water partition coefficient (Wildman–Crippen LogP) is 3.61. The number of unbranched alkanes of at least 4 members (excludes halogenated alkanes) is 2. The highest BCUT2D eigenvalue weighted by molar-refractivity contribution is 4.74. The van der Waals surface area contributed by atoms with Crippen LogP contribution in [0.2, 0.25) is 0 Å². The van der Waals surface area contributed by atoms with Crippen molar-refractivity contribution in [3.63, 3.8) is 0 Å². The van der Waals surface area contributed by atoms with E-state index in [4.69, 9.17) is 4.74 Å². The molecule has 2 unspecified atom stereocenters. The van der Waals surface area contributed by atoms with E-state index in [1.807, 2.05) is 0 Å². The zero-order valence-corrected chi connectivity index (χ0v) is 11.9. The van der Waals surface area contributed by atoms with Gasteiger partial charge in [-0.15, -0.1) is 0 Å². The summed E-state index contributed by atoms with van der Waals surface area (Å²) in [6.45, 7) is 12.8. The number of hydrogen-bond acceptors (Lipinski definition) is 2. The Morgan fingerprint density at radius 3 is 2.25 bits per heavy atom. The number of ether oxygens (including phenoxy) is 1. The van der Waals surface area contributed by atoms with Crippen LogP contribution < -0.4 is 5.32 Å². The molecule has 0 amide bonds. The molecule has 0 aliphatic carbocycles. The van der Waals surface area contributed by atoms with Crippen molar-refractivity contribution in [1.82, 2.24) is 5.32 Å². The third-order valence-electron chi connectivity index (χ3n) is 3.05. The van der Waals surface area contributed by atoms with E-state index in [0.29, 0.717) is 18.0 Å². The van der Waals surface area contributed by atoms with Gasteiger partial charge in [0, 0.05) is 18.7 Å². The van der Waals surface area contributed by atoms with Crippen LogP contribution in [0.1, 0.15) is 60.3 Å². The smallest absolute Gasteiger partial charge is 0.0622 e. The SMILES string of the molecule is CCCCCC(C)NC(COCC)C(C)C. The number of rotatable bonds is 10. The van der Waals surface area contributed by atoms with E-state index in [9.17, 15) is 0 Å². The molecule has 0 saturated heterocycles. The minimum Gasteiger partial charge on any atom is -0.380 e. The van der Waals surface area contributed by atoms with Crippen LogP contribution in [0.5, 0.6) is 0 Å². The molecule has 0 aliphatic rings. The zero-order chi connectivity index (χ0) is 12.4. The summed E-state index contributed by atoms with van der Waals surface area (Å²) < 4.78 is 5.52. The normalized spacial score (nSPS) is 15.4. The molecule has 0 aromatic heterocycles. The Balaban J connectivity index is 3.78. The summed E-state index contributed by atoms with van der Waals surface area (Å²) >= 11 is 0. The van der Waals surface area contributed by atoms with Crippen molar-refractivity contribution in [2.75, 3.05) is 13.2 Å². The second kappa shape index (κ2) is 10.1. The van der Waals surface area contributed by atoms with E-state index in [0.717, 1.165) is 13.2 Å². The number of nitrogens with one attached hydrogen (secondary N) is 1. The lowest BCUT2D eigenvalue weighted by Gasteiger charge is -2.26. The van der Waals surface area contributed by atoms with Gasteiger partial charge in [0.25, 0.3) is 0 Å². The third-order valence-corrected chi connectivity index (χ3v) is 3.05. The Morgan fingerprint density at radius 1 is 1.06 bits per heavy atom. The largest absolute Gasteiger partial charge is 0.380 e. The van der Waals surface area contributed by atoms with Gasteiger partial charge in [-0.3, -0.25) is 0 Å². The maximum absolute atomic E-state index is 5.52. The molecule has 1 N–H and O–H groups in total. The Morgan fingerprint density at radius 2 is 1.75 bits per heavy atom. The second-order valence-electron chi connectivity index (χ2n) is 5.07. The van der Waals surface area contributed by atoms with Crippen LogP contribution in [0.15, 0.2) is 0 Å². The monoisotopic (exact) mass is 229 g/mol. The molecule has 0 aromatic rings. The molecule has 16 heavy (non-hydrogen) atoms. The van der Waals surface area contributed by atoms with Crippen LogP contribution in [0.4, 0.5) is 0 Å². The van der Waals surface area contributed by atoms with Crippen LogP contribution in [-0.2, 0) is 4.74 Å². The van der Waals surface area contributed by atoms with Crippen LogP contribution >= 0.6 is 0 Å². The van der Waals surface area contributed by atoms with Gasteiger partial charge in [-0.2, -0.15) is 0 Å². The summed E-state index contributed by atoms with van der Waals surface area (Å²) in [5.74, 6) is 0.639. The molecule has 2 heteroatoms. The molecule has 0 radical (unpaired) electrons. The van der Waals surface area contributed by atoms with Crippen LogP contribution in [0, 0.1) is 5.92 Å². The third kappa shape index (κ3) is 8.12. The van der Waals surface area contributed by atoms with Crippen molar-refractivity contribution in [2.24, 2.45) is 5.92 Å². The van der Waals surface area contributed by atoms with Crippen molar-refractivity contribution >= 4 is 0 Å². The maximum atomic E-state index is 5.52. The first kappa shape index (κ1) is 15.9. The first-order valence-corrected chi connectivity index (χ1v) is 6.95. The molecule has 2 nitrogen and oxygen atoms in total. The first-order chi connectivity index (χ1) is 7.61. The summed E-state index contributed by atoms with van der Waals surface area (Å²) in [5.41, 5.74) is 0. The molecular formula is C14H31NO. The van der Waals surface area contributed by atoms with E-state index in [1.165, 1.54) is 25.7 Å². The molecule has 0 fully saturated rings. The fourth-order valence-corrected chi connectivity index (χ4v) is 1.83. The minimum absolute atomic E-state index is 0.497. The Kier molecular flexibility index (Phi) is 10.0. The van der Waals surface area contributed by atoms with Gasteiger partial charge >= 0.3 is 0 Å². The van der Waals surface area contributed by atoms with Crippen LogP contribution in [0.25, 0.3) is 0 Å². The van der Waals surface area contributed by atoms with Gasteiger partial charge in [0.15, 0.2) is 0 Å². The Labute approximate surface area is 102 Å². The summed E-state index contributed by atoms with van der Waals surface area (Å²) in [7, 11) is 0. The van der Waals surface area contributed by atoms with Crippen molar-refractivity contribution in [2.45, 2.75) is 72.4 Å². The molecule has 2 atom stereocenters. The summed E-state index contributed by atoms with van der Waals surface area (Å²) in [4.78, 5) is 0. The lowest BCUT2D eigenvalue weighted by atomic mass is 10.0. The highest BCUT2D eigenvalue weighted by Gasteiger charge is 2.15. The number of hydrogen-bond donors (Lipinski definition) is 1. The van der Waals surface area contributed by atoms with Gasteiger partial charge in [-0.25, -0.2) is 0 Å². The molecule has 0 aliphatic heterocycles. The average molecular weight is 229 g/mol. The van der Waals surface area contributed by atoms with Crippen molar-refractivity contribution in [1.29, 1.82) is 0 Å². The van der Waals surface area contributed by atoms with Crippen molar-refractivity contribution in [3.8, 4) is 0 Å². The van der Waals surface area contributed by atoms with E-state index in [2.05, 4.69) is 39.9 Å². The van der Waals surface area contributed by atoms with E-state index in [1.54, 1.807) is 0 Å². The Hall–Kier alpha value is -0.0800. The van der Waals surface area contributed by atoms with Gasteiger partial charge in [0.1, 0.15) is 0 Å². The minimum atomic E-state index is 0.497.